The van der Waals surface area contributed by atoms with Crippen molar-refractivity contribution in [2.75, 3.05) is 39.3 Å². The lowest BCUT2D eigenvalue weighted by Crippen LogP contribution is -2.43. The maximum atomic E-state index is 4.93. The molecule has 0 aromatic carbocycles. The lowest BCUT2D eigenvalue weighted by molar-refractivity contribution is 0.151. The molecular formula is C17H34N4. The van der Waals surface area contributed by atoms with Gasteiger partial charge in [-0.3, -0.25) is 9.89 Å². The fourth-order valence-corrected chi connectivity index (χ4v) is 3.81. The zero-order valence-corrected chi connectivity index (χ0v) is 14.5. The van der Waals surface area contributed by atoms with Gasteiger partial charge < -0.3 is 10.2 Å². The van der Waals surface area contributed by atoms with Crippen LogP contribution in [0.15, 0.2) is 4.99 Å². The molecule has 1 aliphatic heterocycles. The Bertz CT molecular complexity index is 345. The van der Waals surface area contributed by atoms with Crippen LogP contribution in [0, 0.1) is 5.41 Å². The number of nitrogens with one attached hydrogen (secondary N) is 1. The van der Waals surface area contributed by atoms with Crippen LogP contribution in [0.25, 0.3) is 0 Å². The average Bonchev–Trinajstić information content (AvgIpc) is 2.90. The molecule has 2 aliphatic rings. The Morgan fingerprint density at radius 3 is 2.43 bits per heavy atom. The van der Waals surface area contributed by atoms with Crippen LogP contribution in [-0.2, 0) is 0 Å². The van der Waals surface area contributed by atoms with Crippen molar-refractivity contribution >= 4 is 5.96 Å². The highest BCUT2D eigenvalue weighted by atomic mass is 15.3. The molecule has 1 aliphatic carbocycles. The van der Waals surface area contributed by atoms with Crippen LogP contribution >= 0.6 is 0 Å². The van der Waals surface area contributed by atoms with E-state index in [1.165, 1.54) is 38.8 Å². The van der Waals surface area contributed by atoms with Gasteiger partial charge in [-0.1, -0.05) is 20.3 Å². The molecule has 1 atom stereocenters. The lowest BCUT2D eigenvalue weighted by atomic mass is 9.68. The number of rotatable bonds is 6. The number of likely N-dealkylation sites (tertiary alicyclic amines) is 1. The van der Waals surface area contributed by atoms with Crippen molar-refractivity contribution in [1.82, 2.24) is 15.1 Å². The van der Waals surface area contributed by atoms with Gasteiger partial charge in [0.15, 0.2) is 5.96 Å². The zero-order valence-electron chi connectivity index (χ0n) is 14.5. The molecule has 21 heavy (non-hydrogen) atoms. The maximum Gasteiger partial charge on any atom is 0.193 e. The third-order valence-corrected chi connectivity index (χ3v) is 5.43. The molecule has 0 aromatic heterocycles. The van der Waals surface area contributed by atoms with Gasteiger partial charge in [0, 0.05) is 25.7 Å². The summed E-state index contributed by atoms with van der Waals surface area (Å²) < 4.78 is 0. The van der Waals surface area contributed by atoms with Crippen LogP contribution in [0.4, 0.5) is 0 Å². The third-order valence-electron chi connectivity index (χ3n) is 5.43. The molecule has 2 fully saturated rings. The van der Waals surface area contributed by atoms with E-state index in [0.29, 0.717) is 11.5 Å². The van der Waals surface area contributed by atoms with E-state index in [2.05, 4.69) is 42.8 Å². The van der Waals surface area contributed by atoms with Crippen molar-refractivity contribution in [2.45, 2.75) is 59.4 Å². The highest BCUT2D eigenvalue weighted by Crippen LogP contribution is 2.47. The largest absolute Gasteiger partial charge is 0.357 e. The average molecular weight is 294 g/mol. The topological polar surface area (TPSA) is 30.9 Å². The fourth-order valence-electron chi connectivity index (χ4n) is 3.81. The van der Waals surface area contributed by atoms with E-state index in [4.69, 9.17) is 4.99 Å². The van der Waals surface area contributed by atoms with E-state index >= 15 is 0 Å². The molecule has 1 N–H and O–H groups in total. The molecule has 0 bridgehead atoms. The van der Waals surface area contributed by atoms with E-state index < -0.39 is 0 Å². The van der Waals surface area contributed by atoms with Gasteiger partial charge in [0.1, 0.15) is 0 Å². The number of aliphatic imine (C=N–C) groups is 1. The molecule has 122 valence electrons. The summed E-state index contributed by atoms with van der Waals surface area (Å²) in [6, 6.07) is 0.522. The molecule has 1 heterocycles. The minimum absolute atomic E-state index is 0.522. The number of hydrogen-bond donors (Lipinski definition) is 1. The number of guanidine groups is 1. The van der Waals surface area contributed by atoms with Crippen molar-refractivity contribution in [1.29, 1.82) is 0 Å². The van der Waals surface area contributed by atoms with Crippen molar-refractivity contribution < 1.29 is 0 Å². The first-order chi connectivity index (χ1) is 10.1. The molecule has 4 heteroatoms. The summed E-state index contributed by atoms with van der Waals surface area (Å²) in [5, 5.41) is 3.50. The van der Waals surface area contributed by atoms with E-state index in [9.17, 15) is 0 Å². The molecular weight excluding hydrogens is 260 g/mol. The number of likely N-dealkylation sites (N-methyl/N-ethyl adjacent to an activating group) is 1. The molecule has 0 amide bonds. The molecule has 0 radical (unpaired) electrons. The monoisotopic (exact) mass is 294 g/mol. The van der Waals surface area contributed by atoms with E-state index in [1.807, 2.05) is 0 Å². The normalized spacial score (nSPS) is 22.7. The first-order valence-electron chi connectivity index (χ1n) is 8.91. The van der Waals surface area contributed by atoms with Gasteiger partial charge in [-0.25, -0.2) is 0 Å². The zero-order chi connectivity index (χ0) is 15.3. The second kappa shape index (κ2) is 7.48. The molecule has 4 nitrogen and oxygen atoms in total. The quantitative estimate of drug-likeness (QED) is 0.603. The van der Waals surface area contributed by atoms with Crippen LogP contribution in [0.2, 0.25) is 0 Å². The SMILES string of the molecule is CCNC(=NCC(C)N(CC)CC)N1CCC2(CCC2)C1. The van der Waals surface area contributed by atoms with Crippen molar-refractivity contribution in [2.24, 2.45) is 10.4 Å². The first-order valence-corrected chi connectivity index (χ1v) is 8.91. The Morgan fingerprint density at radius 2 is 1.95 bits per heavy atom. The van der Waals surface area contributed by atoms with E-state index in [1.54, 1.807) is 0 Å². The van der Waals surface area contributed by atoms with Crippen LogP contribution in [0.1, 0.15) is 53.4 Å². The summed E-state index contributed by atoms with van der Waals surface area (Å²) in [6.45, 7) is 15.4. The van der Waals surface area contributed by atoms with Gasteiger partial charge >= 0.3 is 0 Å². The Labute approximate surface area is 131 Å². The van der Waals surface area contributed by atoms with Crippen molar-refractivity contribution in [3.8, 4) is 0 Å². The first kappa shape index (κ1) is 16.6. The molecule has 2 rings (SSSR count). The third kappa shape index (κ3) is 3.91. The van der Waals surface area contributed by atoms with Gasteiger partial charge in [-0.2, -0.15) is 0 Å². The molecule has 1 saturated carbocycles. The van der Waals surface area contributed by atoms with Crippen LogP contribution in [-0.4, -0.2) is 61.1 Å². The summed E-state index contributed by atoms with van der Waals surface area (Å²) in [5.74, 6) is 1.14. The van der Waals surface area contributed by atoms with Gasteiger partial charge in [-0.05, 0) is 51.6 Å². The van der Waals surface area contributed by atoms with Gasteiger partial charge in [0.05, 0.1) is 6.54 Å². The highest BCUT2D eigenvalue weighted by Gasteiger charge is 2.43. The smallest absolute Gasteiger partial charge is 0.193 e. The highest BCUT2D eigenvalue weighted by molar-refractivity contribution is 5.80. The summed E-state index contributed by atoms with van der Waals surface area (Å²) in [5.41, 5.74) is 0.640. The Kier molecular flexibility index (Phi) is 5.91. The molecule has 0 aromatic rings. The molecule has 1 saturated heterocycles. The minimum atomic E-state index is 0.522. The van der Waals surface area contributed by atoms with E-state index in [0.717, 1.165) is 32.1 Å². The second-order valence-electron chi connectivity index (χ2n) is 6.79. The number of hydrogen-bond acceptors (Lipinski definition) is 2. The van der Waals surface area contributed by atoms with Gasteiger partial charge in [0.2, 0.25) is 0 Å². The van der Waals surface area contributed by atoms with Crippen molar-refractivity contribution in [3.63, 3.8) is 0 Å². The number of nitrogens with zero attached hydrogens (tertiary/aromatic N) is 3. The summed E-state index contributed by atoms with van der Waals surface area (Å²) >= 11 is 0. The molecule has 1 unspecified atom stereocenters. The standard InChI is InChI=1S/C17H34N4/c1-5-18-16(19-13-15(4)20(6-2)7-3)21-12-11-17(14-21)9-8-10-17/h15H,5-14H2,1-4H3,(H,18,19). The van der Waals surface area contributed by atoms with Crippen LogP contribution < -0.4 is 5.32 Å². The Hall–Kier alpha value is -0.770. The van der Waals surface area contributed by atoms with Gasteiger partial charge in [0.25, 0.3) is 0 Å². The summed E-state index contributed by atoms with van der Waals surface area (Å²) in [4.78, 5) is 9.90. The predicted molar refractivity (Wildman–Crippen MR) is 90.8 cm³/mol. The van der Waals surface area contributed by atoms with Crippen LogP contribution in [0.3, 0.4) is 0 Å². The second-order valence-corrected chi connectivity index (χ2v) is 6.79. The Morgan fingerprint density at radius 1 is 1.24 bits per heavy atom. The summed E-state index contributed by atoms with van der Waals surface area (Å²) in [6.07, 6.45) is 5.65. The molecule has 1 spiro atoms. The Balaban J connectivity index is 1.93. The predicted octanol–water partition coefficient (Wildman–Crippen LogP) is 2.56. The lowest BCUT2D eigenvalue weighted by Gasteiger charge is -2.38. The van der Waals surface area contributed by atoms with E-state index in [-0.39, 0.29) is 0 Å². The fraction of sp³-hybridized carbons (Fsp3) is 0.941. The maximum absolute atomic E-state index is 4.93. The minimum Gasteiger partial charge on any atom is -0.357 e. The van der Waals surface area contributed by atoms with Gasteiger partial charge in [-0.15, -0.1) is 0 Å². The summed E-state index contributed by atoms with van der Waals surface area (Å²) in [7, 11) is 0. The van der Waals surface area contributed by atoms with Crippen LogP contribution in [0.5, 0.6) is 0 Å². The van der Waals surface area contributed by atoms with Crippen molar-refractivity contribution in [3.05, 3.63) is 0 Å².